The Kier molecular flexibility index (Phi) is 5.39. The van der Waals surface area contributed by atoms with Gasteiger partial charge < -0.3 is 19.9 Å². The van der Waals surface area contributed by atoms with Crippen molar-refractivity contribution in [2.45, 2.75) is 6.92 Å². The Morgan fingerprint density at radius 2 is 1.84 bits per heavy atom. The summed E-state index contributed by atoms with van der Waals surface area (Å²) in [6.07, 6.45) is 4.74. The topological polar surface area (TPSA) is 83.5 Å². The van der Waals surface area contributed by atoms with Gasteiger partial charge >= 0.3 is 0 Å². The first-order valence-electron chi connectivity index (χ1n) is 8.31. The molecule has 0 bridgehead atoms. The zero-order valence-corrected chi connectivity index (χ0v) is 14.5. The molecule has 1 amide bonds. The van der Waals surface area contributed by atoms with Crippen LogP contribution < -0.4 is 15.0 Å². The number of ether oxygens (including phenoxy) is 1. The molecule has 0 unspecified atom stereocenters. The van der Waals surface area contributed by atoms with Crippen molar-refractivity contribution >= 4 is 17.5 Å². The normalized spacial score (nSPS) is 15.0. The summed E-state index contributed by atoms with van der Waals surface area (Å²) in [5, 5.41) is 2.78. The quantitative estimate of drug-likeness (QED) is 0.876. The minimum atomic E-state index is -0.258. The van der Waals surface area contributed by atoms with Crippen molar-refractivity contribution in [1.82, 2.24) is 19.9 Å². The maximum Gasteiger partial charge on any atom is 0.257 e. The number of likely N-dealkylation sites (N-methyl/N-ethyl adjacent to an activating group) is 1. The van der Waals surface area contributed by atoms with Gasteiger partial charge in [-0.05, 0) is 20.0 Å². The highest BCUT2D eigenvalue weighted by Gasteiger charge is 2.16. The number of hydrogen-bond acceptors (Lipinski definition) is 7. The lowest BCUT2D eigenvalue weighted by atomic mass is 10.2. The van der Waals surface area contributed by atoms with Gasteiger partial charge in [-0.15, -0.1) is 0 Å². The third-order valence-corrected chi connectivity index (χ3v) is 3.97. The van der Waals surface area contributed by atoms with Gasteiger partial charge in [0, 0.05) is 38.4 Å². The number of anilines is 2. The Morgan fingerprint density at radius 1 is 1.12 bits per heavy atom. The van der Waals surface area contributed by atoms with Crippen LogP contribution in [0.3, 0.4) is 0 Å². The second kappa shape index (κ2) is 7.89. The summed E-state index contributed by atoms with van der Waals surface area (Å²) >= 11 is 0. The van der Waals surface area contributed by atoms with E-state index in [-0.39, 0.29) is 5.91 Å². The minimum Gasteiger partial charge on any atom is -0.478 e. The molecule has 0 spiro atoms. The zero-order chi connectivity index (χ0) is 17.6. The van der Waals surface area contributed by atoms with E-state index in [1.807, 2.05) is 6.92 Å². The Labute approximate surface area is 146 Å². The van der Waals surface area contributed by atoms with E-state index in [1.54, 1.807) is 24.5 Å². The van der Waals surface area contributed by atoms with Crippen molar-refractivity contribution in [2.24, 2.45) is 0 Å². The molecule has 3 rings (SSSR count). The lowest BCUT2D eigenvalue weighted by Gasteiger charge is -2.32. The predicted molar refractivity (Wildman–Crippen MR) is 95.1 cm³/mol. The van der Waals surface area contributed by atoms with Crippen molar-refractivity contribution in [3.63, 3.8) is 0 Å². The number of pyridine rings is 1. The fourth-order valence-corrected chi connectivity index (χ4v) is 2.51. The first-order chi connectivity index (χ1) is 12.2. The van der Waals surface area contributed by atoms with Gasteiger partial charge in [0.15, 0.2) is 0 Å². The van der Waals surface area contributed by atoms with Gasteiger partial charge in [-0.2, -0.15) is 0 Å². The molecule has 0 atom stereocenters. The van der Waals surface area contributed by atoms with Crippen LogP contribution in [0.2, 0.25) is 0 Å². The smallest absolute Gasteiger partial charge is 0.257 e. The van der Waals surface area contributed by atoms with Crippen molar-refractivity contribution in [2.75, 3.05) is 50.1 Å². The molecule has 0 aromatic carbocycles. The SMILES string of the molecule is CCOc1ccc(C(=O)Nc2cnc(N3CCN(C)CC3)nc2)cn1. The molecule has 1 aliphatic heterocycles. The van der Waals surface area contributed by atoms with Gasteiger partial charge in [-0.25, -0.2) is 15.0 Å². The number of rotatable bonds is 5. The summed E-state index contributed by atoms with van der Waals surface area (Å²) in [6, 6.07) is 3.35. The van der Waals surface area contributed by atoms with E-state index < -0.39 is 0 Å². The average Bonchev–Trinajstić information content (AvgIpc) is 2.64. The van der Waals surface area contributed by atoms with Crippen LogP contribution in [0.4, 0.5) is 11.6 Å². The van der Waals surface area contributed by atoms with E-state index in [1.165, 1.54) is 6.20 Å². The monoisotopic (exact) mass is 342 g/mol. The highest BCUT2D eigenvalue weighted by atomic mass is 16.5. The zero-order valence-electron chi connectivity index (χ0n) is 14.5. The molecular formula is C17H22N6O2. The second-order valence-corrected chi connectivity index (χ2v) is 5.83. The van der Waals surface area contributed by atoms with E-state index in [0.717, 1.165) is 26.2 Å². The fourth-order valence-electron chi connectivity index (χ4n) is 2.51. The molecule has 0 saturated carbocycles. The lowest BCUT2D eigenvalue weighted by Crippen LogP contribution is -2.45. The molecule has 8 heteroatoms. The molecule has 2 aromatic rings. The van der Waals surface area contributed by atoms with E-state index in [2.05, 4.69) is 37.1 Å². The summed E-state index contributed by atoms with van der Waals surface area (Å²) in [6.45, 7) is 6.21. The third kappa shape index (κ3) is 4.42. The van der Waals surface area contributed by atoms with Gasteiger partial charge in [-0.3, -0.25) is 4.79 Å². The Balaban J connectivity index is 1.60. The number of amides is 1. The fraction of sp³-hybridized carbons (Fsp3) is 0.412. The van der Waals surface area contributed by atoms with Crippen molar-refractivity contribution < 1.29 is 9.53 Å². The molecule has 8 nitrogen and oxygen atoms in total. The number of piperazine rings is 1. The van der Waals surface area contributed by atoms with Crippen LogP contribution in [0.5, 0.6) is 5.88 Å². The third-order valence-electron chi connectivity index (χ3n) is 3.97. The minimum absolute atomic E-state index is 0.258. The van der Waals surface area contributed by atoms with Gasteiger partial charge in [0.1, 0.15) is 0 Å². The van der Waals surface area contributed by atoms with Crippen LogP contribution >= 0.6 is 0 Å². The highest BCUT2D eigenvalue weighted by Crippen LogP contribution is 2.14. The lowest BCUT2D eigenvalue weighted by molar-refractivity contribution is 0.102. The first kappa shape index (κ1) is 17.1. The van der Waals surface area contributed by atoms with Crippen molar-refractivity contribution in [1.29, 1.82) is 0 Å². The summed E-state index contributed by atoms with van der Waals surface area (Å²) in [7, 11) is 2.10. The predicted octanol–water partition coefficient (Wildman–Crippen LogP) is 1.27. The maximum atomic E-state index is 12.2. The summed E-state index contributed by atoms with van der Waals surface area (Å²) in [5.41, 5.74) is 1.00. The Bertz CT molecular complexity index is 696. The van der Waals surface area contributed by atoms with Gasteiger partial charge in [-0.1, -0.05) is 0 Å². The van der Waals surface area contributed by atoms with E-state index in [9.17, 15) is 4.79 Å². The number of carbonyl (C=O) groups is 1. The highest BCUT2D eigenvalue weighted by molar-refractivity contribution is 6.03. The molecule has 2 aromatic heterocycles. The van der Waals surface area contributed by atoms with Crippen LogP contribution in [-0.2, 0) is 0 Å². The molecule has 3 heterocycles. The van der Waals surface area contributed by atoms with Crippen molar-refractivity contribution in [3.8, 4) is 5.88 Å². The van der Waals surface area contributed by atoms with Gasteiger partial charge in [0.05, 0.1) is 30.3 Å². The van der Waals surface area contributed by atoms with Crippen LogP contribution in [0.25, 0.3) is 0 Å². The van der Waals surface area contributed by atoms with E-state index in [0.29, 0.717) is 29.7 Å². The number of carbonyl (C=O) groups excluding carboxylic acids is 1. The Morgan fingerprint density at radius 3 is 2.44 bits per heavy atom. The van der Waals surface area contributed by atoms with Gasteiger partial charge in [0.2, 0.25) is 11.8 Å². The van der Waals surface area contributed by atoms with Crippen LogP contribution in [0.15, 0.2) is 30.7 Å². The van der Waals surface area contributed by atoms with E-state index >= 15 is 0 Å². The second-order valence-electron chi connectivity index (χ2n) is 5.83. The summed E-state index contributed by atoms with van der Waals surface area (Å²) < 4.78 is 5.27. The number of nitrogens with zero attached hydrogens (tertiary/aromatic N) is 5. The van der Waals surface area contributed by atoms with Gasteiger partial charge in [0.25, 0.3) is 5.91 Å². The molecule has 1 fully saturated rings. The number of nitrogens with one attached hydrogen (secondary N) is 1. The summed E-state index contributed by atoms with van der Waals surface area (Å²) in [4.78, 5) is 29.5. The van der Waals surface area contributed by atoms with Crippen LogP contribution in [-0.4, -0.2) is 65.6 Å². The maximum absolute atomic E-state index is 12.2. The molecule has 0 radical (unpaired) electrons. The average molecular weight is 342 g/mol. The standard InChI is InChI=1S/C17H22N6O2/c1-3-25-15-5-4-13(10-18-15)16(24)21-14-11-19-17(20-12-14)23-8-6-22(2)7-9-23/h4-5,10-12H,3,6-9H2,1-2H3,(H,21,24). The van der Waals surface area contributed by atoms with Crippen LogP contribution in [0.1, 0.15) is 17.3 Å². The van der Waals surface area contributed by atoms with E-state index in [4.69, 9.17) is 4.74 Å². The summed E-state index contributed by atoms with van der Waals surface area (Å²) in [5.74, 6) is 0.930. The molecule has 0 aliphatic carbocycles. The molecule has 1 N–H and O–H groups in total. The Hall–Kier alpha value is -2.74. The number of aromatic nitrogens is 3. The van der Waals surface area contributed by atoms with Crippen LogP contribution in [0, 0.1) is 0 Å². The van der Waals surface area contributed by atoms with Crippen molar-refractivity contribution in [3.05, 3.63) is 36.3 Å². The first-order valence-corrected chi connectivity index (χ1v) is 8.31. The molecule has 25 heavy (non-hydrogen) atoms. The molecular weight excluding hydrogens is 320 g/mol. The molecule has 1 aliphatic rings. The molecule has 132 valence electrons. The molecule has 1 saturated heterocycles. The number of hydrogen-bond donors (Lipinski definition) is 1. The largest absolute Gasteiger partial charge is 0.478 e.